The van der Waals surface area contributed by atoms with Crippen LogP contribution in [-0.4, -0.2) is 41.8 Å². The molecule has 4 atom stereocenters. The minimum absolute atomic E-state index is 0.0260. The summed E-state index contributed by atoms with van der Waals surface area (Å²) in [6.07, 6.45) is 2.39. The van der Waals surface area contributed by atoms with Crippen LogP contribution in [0, 0.1) is 11.3 Å². The zero-order valence-corrected chi connectivity index (χ0v) is 13.8. The number of nitrogens with zero attached hydrogens (tertiary/aromatic N) is 1. The van der Waals surface area contributed by atoms with E-state index in [9.17, 15) is 4.79 Å². The van der Waals surface area contributed by atoms with Crippen molar-refractivity contribution in [2.24, 2.45) is 11.3 Å². The third-order valence-electron chi connectivity index (χ3n) is 5.11. The predicted molar refractivity (Wildman–Crippen MR) is 80.3 cm³/mol. The number of nitrogens with one attached hydrogen (secondary N) is 1. The highest BCUT2D eigenvalue weighted by Gasteiger charge is 2.56. The molecule has 1 amide bonds. The third-order valence-corrected chi connectivity index (χ3v) is 5.11. The van der Waals surface area contributed by atoms with Crippen LogP contribution in [0.2, 0.25) is 0 Å². The molecule has 2 rings (SSSR count). The summed E-state index contributed by atoms with van der Waals surface area (Å²) < 4.78 is 5.80. The van der Waals surface area contributed by atoms with Gasteiger partial charge in [-0.25, -0.2) is 0 Å². The second-order valence-corrected chi connectivity index (χ2v) is 7.07. The van der Waals surface area contributed by atoms with Crippen molar-refractivity contribution in [3.63, 3.8) is 0 Å². The van der Waals surface area contributed by atoms with Gasteiger partial charge >= 0.3 is 0 Å². The molecule has 0 bridgehead atoms. The van der Waals surface area contributed by atoms with Crippen molar-refractivity contribution in [1.29, 1.82) is 0 Å². The van der Waals surface area contributed by atoms with Gasteiger partial charge in [0.1, 0.15) is 0 Å². The first-order valence-electron chi connectivity index (χ1n) is 8.04. The summed E-state index contributed by atoms with van der Waals surface area (Å²) in [5, 5.41) is 3.51. The zero-order valence-electron chi connectivity index (χ0n) is 13.8. The van der Waals surface area contributed by atoms with Crippen LogP contribution in [0.4, 0.5) is 0 Å². The maximum atomic E-state index is 12.7. The van der Waals surface area contributed by atoms with Gasteiger partial charge in [-0.05, 0) is 25.7 Å². The Labute approximate surface area is 123 Å². The SMILES string of the molecule is CCOC1CC(N2C(=O)C(C(C)C)NC2CC)C1(C)C. The Hall–Kier alpha value is -0.610. The van der Waals surface area contributed by atoms with Crippen LogP contribution in [0.25, 0.3) is 0 Å². The third kappa shape index (κ3) is 2.37. The fourth-order valence-corrected chi connectivity index (χ4v) is 3.66. The standard InChI is InChI=1S/C16H30N2O2/c1-7-13-17-14(10(3)4)15(19)18(13)11-9-12(20-8-2)16(11,5)6/h10-14,17H,7-9H2,1-6H3. The molecule has 1 heterocycles. The first-order chi connectivity index (χ1) is 9.34. The van der Waals surface area contributed by atoms with Gasteiger partial charge in [-0.1, -0.05) is 34.6 Å². The van der Waals surface area contributed by atoms with Gasteiger partial charge in [0.05, 0.1) is 18.3 Å². The molecule has 20 heavy (non-hydrogen) atoms. The lowest BCUT2D eigenvalue weighted by Gasteiger charge is -2.55. The fraction of sp³-hybridized carbons (Fsp3) is 0.938. The van der Waals surface area contributed by atoms with Gasteiger partial charge < -0.3 is 9.64 Å². The minimum Gasteiger partial charge on any atom is -0.378 e. The van der Waals surface area contributed by atoms with Gasteiger partial charge in [0.25, 0.3) is 0 Å². The van der Waals surface area contributed by atoms with Crippen LogP contribution >= 0.6 is 0 Å². The van der Waals surface area contributed by atoms with Gasteiger partial charge in [0.15, 0.2) is 0 Å². The highest BCUT2D eigenvalue weighted by atomic mass is 16.5. The molecule has 1 aliphatic heterocycles. The topological polar surface area (TPSA) is 41.6 Å². The molecule has 1 aliphatic carbocycles. The average molecular weight is 282 g/mol. The van der Waals surface area contributed by atoms with Crippen molar-refractivity contribution in [2.45, 2.75) is 78.7 Å². The van der Waals surface area contributed by atoms with E-state index in [0.717, 1.165) is 19.4 Å². The first kappa shape index (κ1) is 15.8. The van der Waals surface area contributed by atoms with Crippen LogP contribution in [0.15, 0.2) is 0 Å². The normalized spacial score (nSPS) is 36.5. The zero-order chi connectivity index (χ0) is 15.1. The maximum Gasteiger partial charge on any atom is 0.241 e. The molecule has 1 saturated carbocycles. The second-order valence-electron chi connectivity index (χ2n) is 7.07. The van der Waals surface area contributed by atoms with E-state index in [4.69, 9.17) is 4.74 Å². The summed E-state index contributed by atoms with van der Waals surface area (Å²) in [6, 6.07) is 0.273. The molecular weight excluding hydrogens is 252 g/mol. The molecular formula is C16H30N2O2. The van der Waals surface area contributed by atoms with E-state index in [1.54, 1.807) is 0 Å². The largest absolute Gasteiger partial charge is 0.378 e. The molecule has 0 aromatic carbocycles. The minimum atomic E-state index is -0.0260. The molecule has 1 saturated heterocycles. The molecule has 2 fully saturated rings. The first-order valence-corrected chi connectivity index (χ1v) is 8.04. The quantitative estimate of drug-likeness (QED) is 0.842. The van der Waals surface area contributed by atoms with Gasteiger partial charge in [-0.2, -0.15) is 0 Å². The lowest BCUT2D eigenvalue weighted by atomic mass is 9.63. The Kier molecular flexibility index (Phi) is 4.45. The summed E-state index contributed by atoms with van der Waals surface area (Å²) >= 11 is 0. The number of carbonyl (C=O) groups is 1. The van der Waals surface area contributed by atoms with E-state index in [1.807, 2.05) is 6.92 Å². The molecule has 116 valence electrons. The van der Waals surface area contributed by atoms with Crippen molar-refractivity contribution < 1.29 is 9.53 Å². The van der Waals surface area contributed by atoms with Crippen molar-refractivity contribution in [3.05, 3.63) is 0 Å². The number of hydrogen-bond donors (Lipinski definition) is 1. The number of rotatable bonds is 5. The molecule has 2 aliphatic rings. The summed E-state index contributed by atoms with van der Waals surface area (Å²) in [4.78, 5) is 14.8. The summed E-state index contributed by atoms with van der Waals surface area (Å²) in [6.45, 7) is 13.6. The number of hydrogen-bond acceptors (Lipinski definition) is 3. The monoisotopic (exact) mass is 282 g/mol. The summed E-state index contributed by atoms with van der Waals surface area (Å²) in [7, 11) is 0. The van der Waals surface area contributed by atoms with Crippen molar-refractivity contribution >= 4 is 5.91 Å². The molecule has 4 heteroatoms. The lowest BCUT2D eigenvalue weighted by Crippen LogP contribution is -2.64. The van der Waals surface area contributed by atoms with E-state index in [1.165, 1.54) is 0 Å². The summed E-state index contributed by atoms with van der Waals surface area (Å²) in [5.74, 6) is 0.618. The average Bonchev–Trinajstić information content (AvgIpc) is 2.71. The van der Waals surface area contributed by atoms with E-state index >= 15 is 0 Å². The Morgan fingerprint density at radius 2 is 2.05 bits per heavy atom. The maximum absolute atomic E-state index is 12.7. The lowest BCUT2D eigenvalue weighted by molar-refractivity contribution is -0.168. The van der Waals surface area contributed by atoms with Gasteiger partial charge in [0.2, 0.25) is 5.91 Å². The number of ether oxygens (including phenoxy) is 1. The van der Waals surface area contributed by atoms with Crippen molar-refractivity contribution in [2.75, 3.05) is 6.61 Å². The fourth-order valence-electron chi connectivity index (χ4n) is 3.66. The van der Waals surface area contributed by atoms with Crippen molar-refractivity contribution in [3.8, 4) is 0 Å². The van der Waals surface area contributed by atoms with Gasteiger partial charge in [-0.3, -0.25) is 10.1 Å². The van der Waals surface area contributed by atoms with Crippen LogP contribution in [0.1, 0.15) is 54.4 Å². The molecule has 0 aromatic heterocycles. The molecule has 4 nitrogen and oxygen atoms in total. The Bertz CT molecular complexity index is 367. The van der Waals surface area contributed by atoms with Crippen LogP contribution < -0.4 is 5.32 Å². The smallest absolute Gasteiger partial charge is 0.241 e. The van der Waals surface area contributed by atoms with Gasteiger partial charge in [-0.15, -0.1) is 0 Å². The predicted octanol–water partition coefficient (Wildman–Crippen LogP) is 2.38. The number of carbonyl (C=O) groups excluding carboxylic acids is 1. The molecule has 0 aromatic rings. The Morgan fingerprint density at radius 3 is 2.50 bits per heavy atom. The van der Waals surface area contributed by atoms with E-state index < -0.39 is 0 Å². The summed E-state index contributed by atoms with van der Waals surface area (Å²) in [5.41, 5.74) is 0.0483. The molecule has 1 N–H and O–H groups in total. The van der Waals surface area contributed by atoms with Crippen LogP contribution in [-0.2, 0) is 9.53 Å². The van der Waals surface area contributed by atoms with Crippen molar-refractivity contribution in [1.82, 2.24) is 10.2 Å². The Morgan fingerprint density at radius 1 is 1.40 bits per heavy atom. The van der Waals surface area contributed by atoms with E-state index in [0.29, 0.717) is 12.0 Å². The molecule has 0 radical (unpaired) electrons. The van der Waals surface area contributed by atoms with Crippen LogP contribution in [0.5, 0.6) is 0 Å². The Balaban J connectivity index is 2.14. The van der Waals surface area contributed by atoms with E-state index in [2.05, 4.69) is 44.8 Å². The number of amides is 1. The highest BCUT2D eigenvalue weighted by Crippen LogP contribution is 2.47. The second kappa shape index (κ2) is 5.64. The van der Waals surface area contributed by atoms with Crippen LogP contribution in [0.3, 0.4) is 0 Å². The van der Waals surface area contributed by atoms with Gasteiger partial charge in [0, 0.05) is 18.1 Å². The highest BCUT2D eigenvalue weighted by molar-refractivity contribution is 5.85. The van der Waals surface area contributed by atoms with E-state index in [-0.39, 0.29) is 29.6 Å². The molecule has 0 spiro atoms. The molecule has 4 unspecified atom stereocenters.